The highest BCUT2D eigenvalue weighted by atomic mass is 35.5. The second-order valence-electron chi connectivity index (χ2n) is 7.45. The highest BCUT2D eigenvalue weighted by Crippen LogP contribution is 2.33. The molecule has 3 aromatic rings. The maximum Gasteiger partial charge on any atom is 0.262 e. The summed E-state index contributed by atoms with van der Waals surface area (Å²) in [6.07, 6.45) is 1.71. The molecule has 1 aliphatic rings. The van der Waals surface area contributed by atoms with Crippen molar-refractivity contribution in [2.24, 2.45) is 0 Å². The molecule has 0 radical (unpaired) electrons. The molecule has 9 heteroatoms. The molecule has 3 aromatic carbocycles. The van der Waals surface area contributed by atoms with Crippen LogP contribution in [0.3, 0.4) is 0 Å². The van der Waals surface area contributed by atoms with Crippen molar-refractivity contribution in [1.82, 2.24) is 4.31 Å². The minimum Gasteiger partial charge on any atom is -0.482 e. The molecule has 0 unspecified atom stereocenters. The molecule has 1 amide bonds. The lowest BCUT2D eigenvalue weighted by Gasteiger charge is -2.16. The maximum atomic E-state index is 12.7. The van der Waals surface area contributed by atoms with E-state index in [0.717, 1.165) is 22.6 Å². The third kappa shape index (κ3) is 5.89. The zero-order chi connectivity index (χ0) is 23.3. The molecule has 0 aliphatic carbocycles. The SMILES string of the molecule is O=C(COc1ccc(S(=O)(=O)N2CCCC2)cc1Cl)Nc1ccccc1Sc1ccccc1. The van der Waals surface area contributed by atoms with Crippen molar-refractivity contribution in [2.75, 3.05) is 25.0 Å². The first kappa shape index (κ1) is 23.6. The number of ether oxygens (including phenoxy) is 1. The number of carbonyl (C=O) groups excluding carboxylic acids is 1. The van der Waals surface area contributed by atoms with Gasteiger partial charge in [0.1, 0.15) is 5.75 Å². The predicted molar refractivity (Wildman–Crippen MR) is 131 cm³/mol. The van der Waals surface area contributed by atoms with Crippen LogP contribution in [-0.4, -0.2) is 38.3 Å². The molecular weight excluding hydrogens is 480 g/mol. The van der Waals surface area contributed by atoms with Crippen LogP contribution in [0.4, 0.5) is 5.69 Å². The molecule has 172 valence electrons. The van der Waals surface area contributed by atoms with Gasteiger partial charge >= 0.3 is 0 Å². The molecule has 1 saturated heterocycles. The average molecular weight is 503 g/mol. The number of anilines is 1. The van der Waals surface area contributed by atoms with Gasteiger partial charge in [0.2, 0.25) is 10.0 Å². The quantitative estimate of drug-likeness (QED) is 0.452. The number of nitrogens with one attached hydrogen (secondary N) is 1. The van der Waals surface area contributed by atoms with Crippen LogP contribution < -0.4 is 10.1 Å². The summed E-state index contributed by atoms with van der Waals surface area (Å²) in [6.45, 7) is 0.771. The van der Waals surface area contributed by atoms with Crippen LogP contribution in [0, 0.1) is 0 Å². The van der Waals surface area contributed by atoms with Crippen molar-refractivity contribution in [3.63, 3.8) is 0 Å². The second kappa shape index (κ2) is 10.6. The van der Waals surface area contributed by atoms with E-state index < -0.39 is 10.0 Å². The number of benzene rings is 3. The minimum atomic E-state index is -3.57. The molecular formula is C24H23ClN2O4S2. The van der Waals surface area contributed by atoms with Crippen molar-refractivity contribution in [2.45, 2.75) is 27.5 Å². The highest BCUT2D eigenvalue weighted by molar-refractivity contribution is 7.99. The fraction of sp³-hybridized carbons (Fsp3) is 0.208. The minimum absolute atomic E-state index is 0.123. The summed E-state index contributed by atoms with van der Waals surface area (Å²) < 4.78 is 32.4. The van der Waals surface area contributed by atoms with Gasteiger partial charge in [0.05, 0.1) is 15.6 Å². The number of nitrogens with zero attached hydrogens (tertiary/aromatic N) is 1. The van der Waals surface area contributed by atoms with Gasteiger partial charge in [0, 0.05) is 22.9 Å². The molecule has 0 spiro atoms. The lowest BCUT2D eigenvalue weighted by Crippen LogP contribution is -2.27. The van der Waals surface area contributed by atoms with E-state index in [1.54, 1.807) is 11.8 Å². The van der Waals surface area contributed by atoms with Crippen LogP contribution in [0.15, 0.2) is 87.5 Å². The summed E-state index contributed by atoms with van der Waals surface area (Å²) >= 11 is 7.81. The molecule has 0 atom stereocenters. The van der Waals surface area contributed by atoms with E-state index in [0.29, 0.717) is 18.8 Å². The summed E-state index contributed by atoms with van der Waals surface area (Å²) in [5.41, 5.74) is 0.679. The van der Waals surface area contributed by atoms with Crippen molar-refractivity contribution < 1.29 is 17.9 Å². The number of sulfonamides is 1. The van der Waals surface area contributed by atoms with Gasteiger partial charge in [-0.3, -0.25) is 4.79 Å². The van der Waals surface area contributed by atoms with Crippen molar-refractivity contribution in [3.05, 3.63) is 77.8 Å². The fourth-order valence-corrected chi connectivity index (χ4v) is 6.21. The van der Waals surface area contributed by atoms with Crippen molar-refractivity contribution >= 4 is 45.0 Å². The fourth-order valence-electron chi connectivity index (χ4n) is 3.44. The number of rotatable bonds is 8. The maximum absolute atomic E-state index is 12.7. The van der Waals surface area contributed by atoms with E-state index in [1.165, 1.54) is 22.5 Å². The lowest BCUT2D eigenvalue weighted by molar-refractivity contribution is -0.118. The van der Waals surface area contributed by atoms with Crippen molar-refractivity contribution in [1.29, 1.82) is 0 Å². The van der Waals surface area contributed by atoms with E-state index in [9.17, 15) is 13.2 Å². The Morgan fingerprint density at radius 2 is 1.70 bits per heavy atom. The van der Waals surface area contributed by atoms with Gasteiger partial charge in [-0.05, 0) is 55.3 Å². The zero-order valence-corrected chi connectivity index (χ0v) is 20.1. The van der Waals surface area contributed by atoms with Gasteiger partial charge in [-0.1, -0.05) is 53.7 Å². The first-order valence-corrected chi connectivity index (χ1v) is 13.1. The molecule has 4 rings (SSSR count). The third-order valence-corrected chi connectivity index (χ3v) is 8.37. The van der Waals surface area contributed by atoms with Crippen LogP contribution in [0.2, 0.25) is 5.02 Å². The largest absolute Gasteiger partial charge is 0.482 e. The monoisotopic (exact) mass is 502 g/mol. The molecule has 1 aliphatic heterocycles. The Kier molecular flexibility index (Phi) is 7.60. The Morgan fingerprint density at radius 3 is 2.42 bits per heavy atom. The molecule has 0 aromatic heterocycles. The third-order valence-electron chi connectivity index (χ3n) is 5.10. The Hall–Kier alpha value is -2.52. The average Bonchev–Trinajstić information content (AvgIpc) is 3.36. The van der Waals surface area contributed by atoms with Crippen LogP contribution in [-0.2, 0) is 14.8 Å². The van der Waals surface area contributed by atoms with Crippen molar-refractivity contribution in [3.8, 4) is 5.75 Å². The number of halogens is 1. The number of para-hydroxylation sites is 1. The van der Waals surface area contributed by atoms with Gasteiger partial charge in [-0.15, -0.1) is 0 Å². The van der Waals surface area contributed by atoms with E-state index >= 15 is 0 Å². The van der Waals surface area contributed by atoms with E-state index in [-0.39, 0.29) is 28.2 Å². The summed E-state index contributed by atoms with van der Waals surface area (Å²) in [5, 5.41) is 3.00. The number of amides is 1. The number of hydrogen-bond donors (Lipinski definition) is 1. The molecule has 0 saturated carbocycles. The smallest absolute Gasteiger partial charge is 0.262 e. The van der Waals surface area contributed by atoms with Gasteiger partial charge in [0.25, 0.3) is 5.91 Å². The highest BCUT2D eigenvalue weighted by Gasteiger charge is 2.27. The van der Waals surface area contributed by atoms with E-state index in [4.69, 9.17) is 16.3 Å². The molecule has 1 N–H and O–H groups in total. The molecule has 0 bridgehead atoms. The summed E-state index contributed by atoms with van der Waals surface area (Å²) in [5.74, 6) is -0.0972. The molecule has 1 heterocycles. The molecule has 6 nitrogen and oxygen atoms in total. The van der Waals surface area contributed by atoms with Crippen LogP contribution >= 0.6 is 23.4 Å². The standard InChI is InChI=1S/C24H23ClN2O4S2/c25-20-16-19(33(29,30)27-14-6-7-15-27)12-13-22(20)31-17-24(28)26-21-10-4-5-11-23(21)32-18-8-2-1-3-9-18/h1-5,8-13,16H,6-7,14-15,17H2,(H,26,28). The topological polar surface area (TPSA) is 75.7 Å². The summed E-state index contributed by atoms with van der Waals surface area (Å²) in [7, 11) is -3.57. The van der Waals surface area contributed by atoms with Gasteiger partial charge < -0.3 is 10.1 Å². The van der Waals surface area contributed by atoms with Crippen LogP contribution in [0.25, 0.3) is 0 Å². The molecule has 33 heavy (non-hydrogen) atoms. The van der Waals surface area contributed by atoms with Gasteiger partial charge in [-0.25, -0.2) is 8.42 Å². The van der Waals surface area contributed by atoms with E-state index in [2.05, 4.69) is 5.32 Å². The molecule has 1 fully saturated rings. The lowest BCUT2D eigenvalue weighted by atomic mass is 10.3. The number of hydrogen-bond acceptors (Lipinski definition) is 5. The predicted octanol–water partition coefficient (Wildman–Crippen LogP) is 5.29. The van der Waals surface area contributed by atoms with Gasteiger partial charge in [0.15, 0.2) is 6.61 Å². The first-order chi connectivity index (χ1) is 15.9. The zero-order valence-electron chi connectivity index (χ0n) is 17.7. The second-order valence-corrected chi connectivity index (χ2v) is 10.9. The van der Waals surface area contributed by atoms with Crippen LogP contribution in [0.5, 0.6) is 5.75 Å². The Bertz CT molecular complexity index is 1230. The summed E-state index contributed by atoms with van der Waals surface area (Å²) in [6, 6.07) is 21.7. The Labute approximate surface area is 203 Å². The van der Waals surface area contributed by atoms with E-state index in [1.807, 2.05) is 54.6 Å². The first-order valence-electron chi connectivity index (χ1n) is 10.5. The van der Waals surface area contributed by atoms with Crippen LogP contribution in [0.1, 0.15) is 12.8 Å². The Balaban J connectivity index is 1.39. The summed E-state index contributed by atoms with van der Waals surface area (Å²) in [4.78, 5) is 14.6. The normalized spacial score (nSPS) is 14.2. The van der Waals surface area contributed by atoms with Gasteiger partial charge in [-0.2, -0.15) is 4.31 Å². The number of carbonyl (C=O) groups is 1. The Morgan fingerprint density at radius 1 is 1.00 bits per heavy atom.